The first-order chi connectivity index (χ1) is 6.25. The molecule has 0 aromatic carbocycles. The Balaban J connectivity index is 0.00000196. The predicted molar refractivity (Wildman–Crippen MR) is 51.0 cm³/mol. The molecule has 0 atom stereocenters. The molecule has 1 saturated heterocycles. The number of nitrogens with two attached hydrogens (primary N) is 1. The van der Waals surface area contributed by atoms with E-state index in [-0.39, 0.29) is 44.4 Å². The number of hydrogen-bond acceptors (Lipinski definition) is 3. The van der Waals surface area contributed by atoms with E-state index in [9.17, 15) is 21.6 Å². The average molecular weight is 269 g/mol. The Morgan fingerprint density at radius 2 is 1.60 bits per heavy atom. The van der Waals surface area contributed by atoms with Gasteiger partial charge in [0.05, 0.1) is 0 Å². The van der Waals surface area contributed by atoms with Gasteiger partial charge in [0.2, 0.25) is 0 Å². The van der Waals surface area contributed by atoms with Gasteiger partial charge in [0.1, 0.15) is 0 Å². The second-order valence-corrected chi connectivity index (χ2v) is 5.12. The summed E-state index contributed by atoms with van der Waals surface area (Å²) >= 11 is 0. The Morgan fingerprint density at radius 1 is 1.20 bits per heavy atom. The van der Waals surface area contributed by atoms with E-state index < -0.39 is 15.5 Å². The fourth-order valence-corrected chi connectivity index (χ4v) is 2.25. The van der Waals surface area contributed by atoms with Crippen LogP contribution < -0.4 is 5.73 Å². The fourth-order valence-electron chi connectivity index (χ4n) is 1.26. The first kappa shape index (κ1) is 14.9. The van der Waals surface area contributed by atoms with Crippen LogP contribution in [0.3, 0.4) is 0 Å². The summed E-state index contributed by atoms with van der Waals surface area (Å²) in [5.74, 6) is 0. The largest absolute Gasteiger partial charge is 0.511 e. The van der Waals surface area contributed by atoms with Crippen molar-refractivity contribution in [3.8, 4) is 0 Å². The molecule has 92 valence electrons. The SMILES string of the molecule is Cl.NC1CCN(S(=O)(=O)C(F)(F)F)CC1. The van der Waals surface area contributed by atoms with Crippen LogP contribution in [0.4, 0.5) is 13.2 Å². The third-order valence-electron chi connectivity index (χ3n) is 2.13. The normalized spacial score (nSPS) is 21.1. The Bertz CT molecular complexity index is 298. The van der Waals surface area contributed by atoms with E-state index in [1.165, 1.54) is 0 Å². The minimum absolute atomic E-state index is 0. The summed E-state index contributed by atoms with van der Waals surface area (Å²) in [6, 6.07) is -0.199. The standard InChI is InChI=1S/C6H11F3N2O2S.ClH/c7-6(8,9)14(12,13)11-3-1-5(10)2-4-11;/h5H,1-4,10H2;1H. The summed E-state index contributed by atoms with van der Waals surface area (Å²) < 4.78 is 58.4. The van der Waals surface area contributed by atoms with Gasteiger partial charge in [-0.3, -0.25) is 0 Å². The molecule has 0 amide bonds. The highest BCUT2D eigenvalue weighted by atomic mass is 35.5. The van der Waals surface area contributed by atoms with E-state index in [0.717, 1.165) is 0 Å². The number of sulfonamides is 1. The van der Waals surface area contributed by atoms with Crippen LogP contribution in [-0.4, -0.2) is 37.4 Å². The third kappa shape index (κ3) is 3.20. The highest BCUT2D eigenvalue weighted by Crippen LogP contribution is 2.28. The Morgan fingerprint density at radius 3 is 1.93 bits per heavy atom. The van der Waals surface area contributed by atoms with Crippen LogP contribution in [0.25, 0.3) is 0 Å². The fraction of sp³-hybridized carbons (Fsp3) is 1.00. The summed E-state index contributed by atoms with van der Waals surface area (Å²) in [6.07, 6.45) is 0.546. The molecular weight excluding hydrogens is 257 g/mol. The maximum atomic E-state index is 12.1. The lowest BCUT2D eigenvalue weighted by Gasteiger charge is -2.29. The van der Waals surface area contributed by atoms with Gasteiger partial charge in [0.25, 0.3) is 0 Å². The van der Waals surface area contributed by atoms with E-state index in [1.54, 1.807) is 0 Å². The number of rotatable bonds is 1. The smallest absolute Gasteiger partial charge is 0.328 e. The zero-order valence-electron chi connectivity index (χ0n) is 7.70. The molecule has 1 aliphatic heterocycles. The minimum atomic E-state index is -5.20. The van der Waals surface area contributed by atoms with E-state index >= 15 is 0 Å². The van der Waals surface area contributed by atoms with Crippen LogP contribution in [0, 0.1) is 0 Å². The molecule has 4 nitrogen and oxygen atoms in total. The molecule has 1 rings (SSSR count). The molecule has 0 aliphatic carbocycles. The second-order valence-electron chi connectivity index (χ2n) is 3.19. The lowest BCUT2D eigenvalue weighted by Crippen LogP contribution is -2.47. The van der Waals surface area contributed by atoms with Crippen LogP contribution in [0.5, 0.6) is 0 Å². The van der Waals surface area contributed by atoms with Crippen molar-refractivity contribution in [3.63, 3.8) is 0 Å². The quantitative estimate of drug-likeness (QED) is 0.761. The Kier molecular flexibility index (Phi) is 4.84. The first-order valence-electron chi connectivity index (χ1n) is 4.07. The zero-order valence-corrected chi connectivity index (χ0v) is 9.33. The maximum absolute atomic E-state index is 12.1. The highest BCUT2D eigenvalue weighted by Gasteiger charge is 2.50. The maximum Gasteiger partial charge on any atom is 0.511 e. The van der Waals surface area contributed by atoms with Gasteiger partial charge in [-0.15, -0.1) is 12.4 Å². The van der Waals surface area contributed by atoms with Crippen molar-refractivity contribution >= 4 is 22.4 Å². The second kappa shape index (κ2) is 4.86. The summed E-state index contributed by atoms with van der Waals surface area (Å²) in [5.41, 5.74) is 0.247. The van der Waals surface area contributed by atoms with Gasteiger partial charge in [0.15, 0.2) is 0 Å². The molecule has 15 heavy (non-hydrogen) atoms. The number of halogens is 4. The number of alkyl halides is 3. The molecule has 1 aliphatic rings. The molecule has 1 heterocycles. The number of hydrogen-bond donors (Lipinski definition) is 1. The highest BCUT2D eigenvalue weighted by molar-refractivity contribution is 7.90. The molecule has 1 fully saturated rings. The molecule has 0 aromatic rings. The topological polar surface area (TPSA) is 63.4 Å². The monoisotopic (exact) mass is 268 g/mol. The number of piperidine rings is 1. The zero-order chi connectivity index (χ0) is 11.0. The van der Waals surface area contributed by atoms with Crippen molar-refractivity contribution in [3.05, 3.63) is 0 Å². The van der Waals surface area contributed by atoms with Crippen molar-refractivity contribution < 1.29 is 21.6 Å². The summed E-state index contributed by atoms with van der Waals surface area (Å²) in [6.45, 7) is -0.300. The summed E-state index contributed by atoms with van der Waals surface area (Å²) in [4.78, 5) is 0. The molecule has 2 N–H and O–H groups in total. The Hall–Kier alpha value is -0.0500. The van der Waals surface area contributed by atoms with Crippen LogP contribution in [0.15, 0.2) is 0 Å². The van der Waals surface area contributed by atoms with Crippen LogP contribution >= 0.6 is 12.4 Å². The predicted octanol–water partition coefficient (Wildman–Crippen LogP) is 0.681. The minimum Gasteiger partial charge on any atom is -0.328 e. The lowest BCUT2D eigenvalue weighted by molar-refractivity contribution is -0.0494. The average Bonchev–Trinajstić information content (AvgIpc) is 2.03. The van der Waals surface area contributed by atoms with E-state index in [2.05, 4.69) is 0 Å². The molecule has 0 spiro atoms. The van der Waals surface area contributed by atoms with Gasteiger partial charge in [-0.25, -0.2) is 8.42 Å². The van der Waals surface area contributed by atoms with Gasteiger partial charge in [0, 0.05) is 19.1 Å². The molecule has 0 bridgehead atoms. The van der Waals surface area contributed by atoms with Gasteiger partial charge in [-0.2, -0.15) is 17.5 Å². The van der Waals surface area contributed by atoms with E-state index in [1.807, 2.05) is 0 Å². The van der Waals surface area contributed by atoms with E-state index in [4.69, 9.17) is 5.73 Å². The first-order valence-corrected chi connectivity index (χ1v) is 5.51. The van der Waals surface area contributed by atoms with Crippen molar-refractivity contribution in [2.45, 2.75) is 24.4 Å². The molecule has 9 heteroatoms. The van der Waals surface area contributed by atoms with Gasteiger partial charge < -0.3 is 5.73 Å². The van der Waals surface area contributed by atoms with Gasteiger partial charge >= 0.3 is 15.5 Å². The molecule has 0 unspecified atom stereocenters. The summed E-state index contributed by atoms with van der Waals surface area (Å²) in [5, 5.41) is 0. The molecule has 0 aromatic heterocycles. The molecule has 0 saturated carbocycles. The van der Waals surface area contributed by atoms with Crippen molar-refractivity contribution in [2.75, 3.05) is 13.1 Å². The van der Waals surface area contributed by atoms with Crippen molar-refractivity contribution in [2.24, 2.45) is 5.73 Å². The summed E-state index contributed by atoms with van der Waals surface area (Å²) in [7, 11) is -5.15. The van der Waals surface area contributed by atoms with E-state index in [0.29, 0.717) is 4.31 Å². The van der Waals surface area contributed by atoms with Crippen LogP contribution in [-0.2, 0) is 10.0 Å². The van der Waals surface area contributed by atoms with Crippen LogP contribution in [0.1, 0.15) is 12.8 Å². The van der Waals surface area contributed by atoms with Crippen LogP contribution in [0.2, 0.25) is 0 Å². The van der Waals surface area contributed by atoms with Gasteiger partial charge in [-0.1, -0.05) is 0 Å². The third-order valence-corrected chi connectivity index (χ3v) is 3.76. The lowest BCUT2D eigenvalue weighted by atomic mass is 10.1. The number of nitrogens with zero attached hydrogens (tertiary/aromatic N) is 1. The van der Waals surface area contributed by atoms with Crippen molar-refractivity contribution in [1.82, 2.24) is 4.31 Å². The Labute approximate surface area is 92.1 Å². The molecular formula is C6H12ClF3N2O2S. The van der Waals surface area contributed by atoms with Gasteiger partial charge in [-0.05, 0) is 12.8 Å². The van der Waals surface area contributed by atoms with Crippen molar-refractivity contribution in [1.29, 1.82) is 0 Å². The molecule has 0 radical (unpaired) electrons.